The second-order valence-corrected chi connectivity index (χ2v) is 20.7. The van der Waals surface area contributed by atoms with Crippen LogP contribution in [-0.4, -0.2) is 74.3 Å². The van der Waals surface area contributed by atoms with Crippen molar-refractivity contribution in [1.29, 1.82) is 0 Å². The number of hydrogen-bond donors (Lipinski definition) is 2. The molecule has 0 radical (unpaired) electrons. The predicted molar refractivity (Wildman–Crippen MR) is 295 cm³/mol. The standard InChI is InChI=1S/C59H101N2O7P/c1-7-10-13-16-19-22-25-27-29-30-32-33-36-39-42-45-48-51-58(62)60-56(55-67-69(64,65)66-54-53-61(4,5)6)57(50-47-44-41-38-35-24-21-18-15-12-9-3)68-59(63)52-49-46-43-40-37-34-31-28-26-23-20-17-14-11-8-2/h10,13,16,19-20,22-23,25-30,32-33,36,47,50,56-57H,7-9,11-12,14-15,17-18,21,24,31,34-35,37-46,48-49,51-55H2,1-6H3,(H-,60,62,64,65)/p+1/b13-10-,19-16+,23-20+,25-22+,28-26+,29-27-,32-30+,36-33+,50-47+. The smallest absolute Gasteiger partial charge is 0.456 e. The Balaban J connectivity index is 5.50. The van der Waals surface area contributed by atoms with Gasteiger partial charge in [0, 0.05) is 12.8 Å². The van der Waals surface area contributed by atoms with Gasteiger partial charge in [0.25, 0.3) is 0 Å². The Kier molecular flexibility index (Phi) is 46.0. The summed E-state index contributed by atoms with van der Waals surface area (Å²) in [6, 6.07) is -0.882. The normalized spacial score (nSPS) is 14.7. The maximum atomic E-state index is 13.5. The van der Waals surface area contributed by atoms with Crippen LogP contribution in [0.4, 0.5) is 0 Å². The van der Waals surface area contributed by atoms with E-state index in [9.17, 15) is 19.0 Å². The number of esters is 1. The van der Waals surface area contributed by atoms with Gasteiger partial charge in [0.2, 0.25) is 5.91 Å². The van der Waals surface area contributed by atoms with Crippen LogP contribution in [0.3, 0.4) is 0 Å². The van der Waals surface area contributed by atoms with E-state index in [1.165, 1.54) is 64.2 Å². The van der Waals surface area contributed by atoms with Gasteiger partial charge in [-0.25, -0.2) is 4.57 Å². The second-order valence-electron chi connectivity index (χ2n) is 19.2. The van der Waals surface area contributed by atoms with Crippen molar-refractivity contribution in [2.45, 2.75) is 213 Å². The molecule has 69 heavy (non-hydrogen) atoms. The molecular weight excluding hydrogens is 880 g/mol. The van der Waals surface area contributed by atoms with Crippen molar-refractivity contribution < 1.29 is 37.3 Å². The van der Waals surface area contributed by atoms with Crippen LogP contribution in [0.1, 0.15) is 201 Å². The Morgan fingerprint density at radius 1 is 0.522 bits per heavy atom. The van der Waals surface area contributed by atoms with E-state index in [2.05, 4.69) is 62.5 Å². The number of nitrogens with zero attached hydrogens (tertiary/aromatic N) is 1. The molecule has 10 heteroatoms. The summed E-state index contributed by atoms with van der Waals surface area (Å²) in [5, 5.41) is 3.01. The van der Waals surface area contributed by atoms with E-state index >= 15 is 0 Å². The fourth-order valence-electron chi connectivity index (χ4n) is 7.14. The minimum absolute atomic E-state index is 0.0228. The molecule has 0 aliphatic heterocycles. The van der Waals surface area contributed by atoms with Crippen LogP contribution in [-0.2, 0) is 27.9 Å². The monoisotopic (exact) mass is 982 g/mol. The van der Waals surface area contributed by atoms with Gasteiger partial charge in [-0.15, -0.1) is 0 Å². The predicted octanol–water partition coefficient (Wildman–Crippen LogP) is 16.2. The van der Waals surface area contributed by atoms with Gasteiger partial charge in [-0.1, -0.05) is 220 Å². The highest BCUT2D eigenvalue weighted by molar-refractivity contribution is 7.47. The summed E-state index contributed by atoms with van der Waals surface area (Å²) in [7, 11) is 1.44. The molecule has 0 bridgehead atoms. The Bertz CT molecular complexity index is 1550. The number of likely N-dealkylation sites (N-methyl/N-ethyl adjacent to an activating group) is 1. The lowest BCUT2D eigenvalue weighted by Crippen LogP contribution is -2.47. The molecule has 0 aliphatic carbocycles. The van der Waals surface area contributed by atoms with Crippen LogP contribution in [0.2, 0.25) is 0 Å². The molecule has 0 aromatic rings. The SMILES string of the molecule is CC\C=C/C=C/C=C/C=C\C=C\C=C\CCCCCC(=O)NC(COP(=O)(O)OCC[N+](C)(C)C)C(/C=C/CCCCCCCCCCC)OC(=O)CCCCCCCC/C=C/C=C/CCCCC. The lowest BCUT2D eigenvalue weighted by atomic mass is 10.1. The zero-order valence-corrected chi connectivity index (χ0v) is 45.7. The fourth-order valence-corrected chi connectivity index (χ4v) is 7.87. The van der Waals surface area contributed by atoms with Crippen molar-refractivity contribution in [2.75, 3.05) is 40.9 Å². The third-order valence-corrected chi connectivity index (χ3v) is 12.4. The van der Waals surface area contributed by atoms with Gasteiger partial charge >= 0.3 is 13.8 Å². The number of rotatable bonds is 47. The van der Waals surface area contributed by atoms with E-state index in [4.69, 9.17) is 13.8 Å². The van der Waals surface area contributed by atoms with Crippen LogP contribution in [0.15, 0.2) is 109 Å². The molecule has 9 nitrogen and oxygen atoms in total. The Morgan fingerprint density at radius 2 is 0.928 bits per heavy atom. The Morgan fingerprint density at radius 3 is 1.45 bits per heavy atom. The number of unbranched alkanes of at least 4 members (excludes halogenated alkanes) is 21. The van der Waals surface area contributed by atoms with Gasteiger partial charge < -0.3 is 19.4 Å². The number of amides is 1. The number of phosphoric acid groups is 1. The number of allylic oxidation sites excluding steroid dienone is 17. The van der Waals surface area contributed by atoms with Gasteiger partial charge in [0.05, 0.1) is 33.8 Å². The van der Waals surface area contributed by atoms with Gasteiger partial charge in [0.1, 0.15) is 19.3 Å². The first-order valence-electron chi connectivity index (χ1n) is 27.3. The average Bonchev–Trinajstić information content (AvgIpc) is 3.31. The summed E-state index contributed by atoms with van der Waals surface area (Å²) in [4.78, 5) is 37.5. The summed E-state index contributed by atoms with van der Waals surface area (Å²) in [5.41, 5.74) is 0. The highest BCUT2D eigenvalue weighted by atomic mass is 31.2. The summed E-state index contributed by atoms with van der Waals surface area (Å²) in [6.45, 7) is 6.75. The number of quaternary nitrogens is 1. The van der Waals surface area contributed by atoms with E-state index in [-0.39, 0.29) is 37.9 Å². The molecule has 0 aromatic heterocycles. The lowest BCUT2D eigenvalue weighted by molar-refractivity contribution is -0.870. The molecule has 0 aromatic carbocycles. The minimum Gasteiger partial charge on any atom is -0.456 e. The van der Waals surface area contributed by atoms with Crippen molar-refractivity contribution in [3.8, 4) is 0 Å². The molecule has 0 heterocycles. The zero-order valence-electron chi connectivity index (χ0n) is 44.8. The summed E-state index contributed by atoms with van der Waals surface area (Å²) < 4.78 is 30.5. The minimum atomic E-state index is -4.46. The summed E-state index contributed by atoms with van der Waals surface area (Å²) in [5.74, 6) is -0.581. The van der Waals surface area contributed by atoms with Gasteiger partial charge in [-0.2, -0.15) is 0 Å². The number of carbonyl (C=O) groups is 2. The zero-order chi connectivity index (χ0) is 50.8. The third kappa shape index (κ3) is 49.4. The Labute approximate surface area is 423 Å². The topological polar surface area (TPSA) is 111 Å². The van der Waals surface area contributed by atoms with E-state index < -0.39 is 20.0 Å². The number of ether oxygens (including phenoxy) is 1. The van der Waals surface area contributed by atoms with Crippen LogP contribution in [0.5, 0.6) is 0 Å². The molecule has 0 saturated heterocycles. The first-order chi connectivity index (χ1) is 33.4. The Hall–Kier alpha value is -3.33. The van der Waals surface area contributed by atoms with Gasteiger partial charge in [-0.3, -0.25) is 18.6 Å². The van der Waals surface area contributed by atoms with Crippen molar-refractivity contribution in [2.24, 2.45) is 0 Å². The molecule has 3 unspecified atom stereocenters. The number of nitrogens with one attached hydrogen (secondary N) is 1. The quantitative estimate of drug-likeness (QED) is 0.0156. The summed E-state index contributed by atoms with van der Waals surface area (Å²) in [6.07, 6.45) is 65.1. The molecule has 0 rings (SSSR count). The van der Waals surface area contributed by atoms with Crippen LogP contribution >= 0.6 is 7.82 Å². The molecule has 1 amide bonds. The molecule has 0 fully saturated rings. The van der Waals surface area contributed by atoms with Crippen molar-refractivity contribution >= 4 is 19.7 Å². The van der Waals surface area contributed by atoms with Gasteiger partial charge in [-0.05, 0) is 76.7 Å². The number of hydrogen-bond acceptors (Lipinski definition) is 6. The first kappa shape index (κ1) is 65.7. The van der Waals surface area contributed by atoms with Crippen molar-refractivity contribution in [3.05, 3.63) is 109 Å². The second kappa shape index (κ2) is 48.3. The molecule has 0 spiro atoms. The molecule has 0 saturated carbocycles. The van der Waals surface area contributed by atoms with Gasteiger partial charge in [0.15, 0.2) is 0 Å². The van der Waals surface area contributed by atoms with Crippen LogP contribution in [0, 0.1) is 0 Å². The molecule has 0 aliphatic rings. The molecule has 394 valence electrons. The van der Waals surface area contributed by atoms with Crippen molar-refractivity contribution in [1.82, 2.24) is 5.32 Å². The van der Waals surface area contributed by atoms with Crippen molar-refractivity contribution in [3.63, 3.8) is 0 Å². The number of phosphoric ester groups is 1. The summed E-state index contributed by atoms with van der Waals surface area (Å²) >= 11 is 0. The lowest BCUT2D eigenvalue weighted by Gasteiger charge is -2.27. The van der Waals surface area contributed by atoms with E-state index in [0.717, 1.165) is 89.9 Å². The molecule has 2 N–H and O–H groups in total. The fraction of sp³-hybridized carbons (Fsp3) is 0.661. The first-order valence-corrected chi connectivity index (χ1v) is 28.8. The molecule has 3 atom stereocenters. The largest absolute Gasteiger partial charge is 0.472 e. The van der Waals surface area contributed by atoms with E-state index in [0.29, 0.717) is 23.9 Å². The maximum absolute atomic E-state index is 13.5. The third-order valence-electron chi connectivity index (χ3n) is 11.4. The average molecular weight is 982 g/mol. The maximum Gasteiger partial charge on any atom is 0.472 e. The van der Waals surface area contributed by atoms with Crippen LogP contribution in [0.25, 0.3) is 0 Å². The number of carbonyl (C=O) groups excluding carboxylic acids is 2. The van der Waals surface area contributed by atoms with E-state index in [1.807, 2.05) is 94.1 Å². The highest BCUT2D eigenvalue weighted by Crippen LogP contribution is 2.43. The molecular formula is C59H102N2O7P+. The van der Waals surface area contributed by atoms with E-state index in [1.54, 1.807) is 0 Å². The van der Waals surface area contributed by atoms with Crippen LogP contribution < -0.4 is 5.32 Å². The highest BCUT2D eigenvalue weighted by Gasteiger charge is 2.30.